The summed E-state index contributed by atoms with van der Waals surface area (Å²) >= 11 is 5.39. The number of nitrogens with zero attached hydrogens (tertiary/aromatic N) is 1. The fourth-order valence-electron chi connectivity index (χ4n) is 2.08. The zero-order valence-electron chi connectivity index (χ0n) is 11.8. The second-order valence-corrected chi connectivity index (χ2v) is 7.77. The molecule has 20 heavy (non-hydrogen) atoms. The zero-order chi connectivity index (χ0) is 15.5. The monoisotopic (exact) mass is 455 g/mol. The summed E-state index contributed by atoms with van der Waals surface area (Å²) in [4.78, 5) is 11.2. The molecule has 112 valence electrons. The van der Waals surface area contributed by atoms with Crippen LogP contribution in [0.15, 0.2) is 16.6 Å². The smallest absolute Gasteiger partial charge is 0.143 e. The van der Waals surface area contributed by atoms with Crippen molar-refractivity contribution in [2.75, 3.05) is 21.1 Å². The number of hydrogen-bond donors (Lipinski definition) is 1. The van der Waals surface area contributed by atoms with Gasteiger partial charge in [-0.2, -0.15) is 0 Å². The number of halogens is 2. The van der Waals surface area contributed by atoms with Crippen molar-refractivity contribution in [2.24, 2.45) is 0 Å². The third-order valence-corrected chi connectivity index (χ3v) is 4.65. The number of carboxylic acid groups (broad SMARTS) is 1. The van der Waals surface area contributed by atoms with Gasteiger partial charge in [0.15, 0.2) is 0 Å². The van der Waals surface area contributed by atoms with Crippen LogP contribution in [0.3, 0.4) is 0 Å². The Kier molecular flexibility index (Phi) is 6.27. The number of hydrogen-bond acceptors (Lipinski definition) is 3. The molecule has 1 N–H and O–H groups in total. The van der Waals surface area contributed by atoms with Crippen molar-refractivity contribution in [3.63, 3.8) is 0 Å². The molecule has 0 aromatic heterocycles. The fraction of sp³-hybridized carbons (Fsp3) is 0.500. The average molecular weight is 456 g/mol. The lowest BCUT2D eigenvalue weighted by Gasteiger charge is -2.34. The van der Waals surface area contributed by atoms with E-state index in [-0.39, 0.29) is 5.75 Å². The van der Waals surface area contributed by atoms with Gasteiger partial charge in [-0.3, -0.25) is 0 Å². The summed E-state index contributed by atoms with van der Waals surface area (Å²) in [5, 5.41) is 20.9. The summed E-state index contributed by atoms with van der Waals surface area (Å²) in [6.45, 7) is 0. The van der Waals surface area contributed by atoms with E-state index in [0.717, 1.165) is 22.0 Å². The summed E-state index contributed by atoms with van der Waals surface area (Å²) in [6.07, 6.45) is 2.11. The van der Waals surface area contributed by atoms with Gasteiger partial charge in [-0.25, -0.2) is 0 Å². The summed E-state index contributed by atoms with van der Waals surface area (Å²) in [6, 6.07) is 3.28. The maximum atomic E-state index is 11.2. The largest absolute Gasteiger partial charge is 0.544 e. The van der Waals surface area contributed by atoms with Gasteiger partial charge in [0.2, 0.25) is 0 Å². The first-order chi connectivity index (χ1) is 9.12. The highest BCUT2D eigenvalue weighted by Crippen LogP contribution is 2.31. The zero-order valence-corrected chi connectivity index (χ0v) is 15.6. The molecule has 1 aromatic carbocycles. The van der Waals surface area contributed by atoms with Crippen molar-refractivity contribution in [1.29, 1.82) is 0 Å². The molecule has 1 aromatic rings. The highest BCUT2D eigenvalue weighted by molar-refractivity contribution is 14.1. The third-order valence-electron chi connectivity index (χ3n) is 3.23. The molecular formula is C14H19BrINO3. The standard InChI is InChI=1S/C14H19BrINO3/c1-17(2,3)12(14(19)20)6-4-5-9-7-10(15)13(18)11(16)8-9/h7-8,12H,4-6H2,1-3H3,(H-,18,19,20)/t12-/m1/s1. The molecule has 0 saturated carbocycles. The fourth-order valence-corrected chi connectivity index (χ4v) is 3.65. The van der Waals surface area contributed by atoms with E-state index in [2.05, 4.69) is 38.5 Å². The molecule has 0 bridgehead atoms. The molecule has 0 unspecified atom stereocenters. The van der Waals surface area contributed by atoms with Crippen molar-refractivity contribution in [2.45, 2.75) is 25.3 Å². The van der Waals surface area contributed by atoms with Crippen molar-refractivity contribution in [3.05, 3.63) is 25.7 Å². The molecule has 0 aliphatic rings. The first-order valence-corrected chi connectivity index (χ1v) is 8.19. The van der Waals surface area contributed by atoms with Crippen LogP contribution in [0.25, 0.3) is 0 Å². The van der Waals surface area contributed by atoms with E-state index in [0.29, 0.717) is 15.4 Å². The molecule has 0 radical (unpaired) electrons. The molecule has 0 aliphatic carbocycles. The van der Waals surface area contributed by atoms with Crippen molar-refractivity contribution >= 4 is 44.5 Å². The average Bonchev–Trinajstić information content (AvgIpc) is 2.29. The highest BCUT2D eigenvalue weighted by atomic mass is 127. The van der Waals surface area contributed by atoms with Crippen LogP contribution < -0.4 is 5.11 Å². The Morgan fingerprint density at radius 1 is 1.45 bits per heavy atom. The molecule has 0 aliphatic heterocycles. The maximum Gasteiger partial charge on any atom is 0.143 e. The molecular weight excluding hydrogens is 437 g/mol. The Hall–Kier alpha value is -0.340. The number of carboxylic acids is 1. The normalized spacial score (nSPS) is 13.2. The van der Waals surface area contributed by atoms with Crippen LogP contribution in [0.2, 0.25) is 0 Å². The summed E-state index contributed by atoms with van der Waals surface area (Å²) < 4.78 is 1.82. The first kappa shape index (κ1) is 17.7. The quantitative estimate of drug-likeness (QED) is 0.526. The van der Waals surface area contributed by atoms with E-state index in [9.17, 15) is 15.0 Å². The topological polar surface area (TPSA) is 60.4 Å². The number of phenolic OH excluding ortho intramolecular Hbond substituents is 1. The molecule has 4 nitrogen and oxygen atoms in total. The lowest BCUT2D eigenvalue weighted by molar-refractivity contribution is -0.889. The maximum absolute atomic E-state index is 11.2. The molecule has 6 heteroatoms. The lowest BCUT2D eigenvalue weighted by Crippen LogP contribution is -2.54. The van der Waals surface area contributed by atoms with Crippen molar-refractivity contribution < 1.29 is 19.5 Å². The minimum absolute atomic E-state index is 0.244. The van der Waals surface area contributed by atoms with E-state index in [1.807, 2.05) is 33.3 Å². The predicted molar refractivity (Wildman–Crippen MR) is 88.3 cm³/mol. The molecule has 0 heterocycles. The molecule has 0 saturated heterocycles. The Labute approximate surface area is 141 Å². The van der Waals surface area contributed by atoms with E-state index >= 15 is 0 Å². The Morgan fingerprint density at radius 2 is 2.05 bits per heavy atom. The van der Waals surface area contributed by atoms with Gasteiger partial charge in [0.25, 0.3) is 0 Å². The number of phenols is 1. The Bertz CT molecular complexity index is 477. The predicted octanol–water partition coefficient (Wildman–Crippen LogP) is 1.91. The van der Waals surface area contributed by atoms with Crippen LogP contribution in [0, 0.1) is 3.57 Å². The second-order valence-electron chi connectivity index (χ2n) is 5.75. The van der Waals surface area contributed by atoms with Crippen LogP contribution in [-0.4, -0.2) is 42.7 Å². The number of carbonyl (C=O) groups excluding carboxylic acids is 1. The van der Waals surface area contributed by atoms with Crippen LogP contribution in [0.5, 0.6) is 5.75 Å². The molecule has 0 fully saturated rings. The summed E-state index contributed by atoms with van der Waals surface area (Å²) in [5.74, 6) is -0.757. The van der Waals surface area contributed by atoms with Gasteiger partial charge in [-0.05, 0) is 69.1 Å². The number of carbonyl (C=O) groups is 1. The van der Waals surface area contributed by atoms with Gasteiger partial charge < -0.3 is 19.5 Å². The van der Waals surface area contributed by atoms with Crippen molar-refractivity contribution in [1.82, 2.24) is 0 Å². The first-order valence-electron chi connectivity index (χ1n) is 6.31. The molecule has 1 rings (SSSR count). The molecule has 0 amide bonds. The number of aliphatic carboxylic acids is 1. The minimum Gasteiger partial charge on any atom is -0.544 e. The van der Waals surface area contributed by atoms with Gasteiger partial charge in [0.1, 0.15) is 11.8 Å². The number of rotatable bonds is 6. The van der Waals surface area contributed by atoms with Crippen molar-refractivity contribution in [3.8, 4) is 5.75 Å². The van der Waals surface area contributed by atoms with E-state index in [1.165, 1.54) is 0 Å². The number of benzene rings is 1. The van der Waals surface area contributed by atoms with Crippen LogP contribution in [0.4, 0.5) is 0 Å². The van der Waals surface area contributed by atoms with Gasteiger partial charge in [0, 0.05) is 6.42 Å². The Morgan fingerprint density at radius 3 is 2.50 bits per heavy atom. The summed E-state index contributed by atoms with van der Waals surface area (Å²) in [7, 11) is 5.58. The number of likely N-dealkylation sites (N-methyl/N-ethyl adjacent to an activating group) is 1. The third kappa shape index (κ3) is 4.89. The van der Waals surface area contributed by atoms with Gasteiger partial charge in [-0.15, -0.1) is 0 Å². The SMILES string of the molecule is C[N+](C)(C)[C@H](CCCc1cc(Br)c(O)c(I)c1)C(=O)[O-]. The Balaban J connectivity index is 2.66. The molecule has 1 atom stereocenters. The highest BCUT2D eigenvalue weighted by Gasteiger charge is 2.24. The number of quaternary nitrogens is 1. The van der Waals surface area contributed by atoms with E-state index in [4.69, 9.17) is 0 Å². The minimum atomic E-state index is -1.00. The van der Waals surface area contributed by atoms with Gasteiger partial charge >= 0.3 is 0 Å². The van der Waals surface area contributed by atoms with Crippen LogP contribution in [-0.2, 0) is 11.2 Å². The lowest BCUT2D eigenvalue weighted by atomic mass is 10.0. The van der Waals surface area contributed by atoms with E-state index in [1.54, 1.807) is 0 Å². The second kappa shape index (κ2) is 7.09. The number of aromatic hydroxyl groups is 1. The van der Waals surface area contributed by atoms with Gasteiger partial charge in [0.05, 0.1) is 35.2 Å². The van der Waals surface area contributed by atoms with Crippen LogP contribution >= 0.6 is 38.5 Å². The van der Waals surface area contributed by atoms with Gasteiger partial charge in [-0.1, -0.05) is 0 Å². The summed E-state index contributed by atoms with van der Waals surface area (Å²) in [5.41, 5.74) is 1.08. The van der Waals surface area contributed by atoms with Crippen LogP contribution in [0.1, 0.15) is 18.4 Å². The van der Waals surface area contributed by atoms with E-state index < -0.39 is 12.0 Å². The number of aryl methyl sites for hydroxylation is 1. The molecule has 0 spiro atoms.